The summed E-state index contributed by atoms with van der Waals surface area (Å²) in [6.07, 6.45) is 0. The summed E-state index contributed by atoms with van der Waals surface area (Å²) in [5.41, 5.74) is 0. The molecule has 2 heteroatoms. The van der Waals surface area contributed by atoms with E-state index in [1.54, 1.807) is 0 Å². The van der Waals surface area contributed by atoms with Crippen LogP contribution in [0.1, 0.15) is 13.8 Å². The van der Waals surface area contributed by atoms with Gasteiger partial charge in [-0.25, -0.2) is 0 Å². The smallest absolute Gasteiger partial charge is 0.0912 e. The van der Waals surface area contributed by atoms with Crippen LogP contribution in [0.4, 0.5) is 0 Å². The lowest BCUT2D eigenvalue weighted by atomic mass is 10.6. The highest BCUT2D eigenvalue weighted by atomic mass is 15.1. The fourth-order valence-electron chi connectivity index (χ4n) is 0.489. The SMILES string of the molecule is C=C(NCC)NCC. The molecule has 0 aromatic rings. The summed E-state index contributed by atoms with van der Waals surface area (Å²) < 4.78 is 0. The summed E-state index contributed by atoms with van der Waals surface area (Å²) in [6, 6.07) is 0. The highest BCUT2D eigenvalue weighted by Crippen LogP contribution is 1.71. The third kappa shape index (κ3) is 3.53. The van der Waals surface area contributed by atoms with Crippen LogP contribution in [0, 0.1) is 0 Å². The Morgan fingerprint density at radius 3 is 1.88 bits per heavy atom. The van der Waals surface area contributed by atoms with Crippen LogP contribution >= 0.6 is 0 Å². The summed E-state index contributed by atoms with van der Waals surface area (Å²) in [5.74, 6) is 0.912. The molecule has 0 aromatic heterocycles. The van der Waals surface area contributed by atoms with Crippen molar-refractivity contribution in [2.75, 3.05) is 13.1 Å². The van der Waals surface area contributed by atoms with E-state index in [9.17, 15) is 0 Å². The summed E-state index contributed by atoms with van der Waals surface area (Å²) in [5, 5.41) is 6.08. The van der Waals surface area contributed by atoms with Crippen LogP contribution in [-0.2, 0) is 0 Å². The normalized spacial score (nSPS) is 8.25. The molecule has 2 nitrogen and oxygen atoms in total. The van der Waals surface area contributed by atoms with Crippen LogP contribution in [0.5, 0.6) is 0 Å². The van der Waals surface area contributed by atoms with Crippen molar-refractivity contribution in [2.24, 2.45) is 0 Å². The van der Waals surface area contributed by atoms with E-state index in [0.29, 0.717) is 0 Å². The predicted octanol–water partition coefficient (Wildman–Crippen LogP) is 0.677. The van der Waals surface area contributed by atoms with E-state index in [1.807, 2.05) is 13.8 Å². The Labute approximate surface area is 51.0 Å². The first kappa shape index (κ1) is 7.34. The van der Waals surface area contributed by atoms with Gasteiger partial charge in [0.2, 0.25) is 0 Å². The fourth-order valence-corrected chi connectivity index (χ4v) is 0.489. The molecule has 0 radical (unpaired) electrons. The zero-order valence-electron chi connectivity index (χ0n) is 5.62. The lowest BCUT2D eigenvalue weighted by molar-refractivity contribution is 0.726. The monoisotopic (exact) mass is 114 g/mol. The Balaban J connectivity index is 3.06. The van der Waals surface area contributed by atoms with Gasteiger partial charge in [0.05, 0.1) is 5.82 Å². The summed E-state index contributed by atoms with van der Waals surface area (Å²) in [4.78, 5) is 0. The topological polar surface area (TPSA) is 24.1 Å². The van der Waals surface area contributed by atoms with Crippen LogP contribution in [0.25, 0.3) is 0 Å². The molecule has 0 spiro atoms. The van der Waals surface area contributed by atoms with Crippen molar-refractivity contribution in [2.45, 2.75) is 13.8 Å². The molecule has 0 unspecified atom stereocenters. The maximum atomic E-state index is 3.71. The third-order valence-electron chi connectivity index (χ3n) is 0.780. The summed E-state index contributed by atoms with van der Waals surface area (Å²) >= 11 is 0. The highest BCUT2D eigenvalue weighted by molar-refractivity contribution is 4.85. The molecule has 0 aliphatic carbocycles. The maximum absolute atomic E-state index is 3.71. The third-order valence-corrected chi connectivity index (χ3v) is 0.780. The van der Waals surface area contributed by atoms with Crippen LogP contribution in [0.3, 0.4) is 0 Å². The van der Waals surface area contributed by atoms with Gasteiger partial charge in [-0.05, 0) is 13.8 Å². The molecule has 0 aliphatic heterocycles. The molecule has 0 heterocycles. The predicted molar refractivity (Wildman–Crippen MR) is 36.5 cm³/mol. The van der Waals surface area contributed by atoms with Crippen molar-refractivity contribution in [1.82, 2.24) is 10.6 Å². The molecule has 0 rings (SSSR count). The van der Waals surface area contributed by atoms with Crippen LogP contribution in [-0.4, -0.2) is 13.1 Å². The first-order valence-electron chi connectivity index (χ1n) is 2.97. The zero-order valence-corrected chi connectivity index (χ0v) is 5.62. The standard InChI is InChI=1S/C6H14N2/c1-4-7-6(3)8-5-2/h7-8H,3-5H2,1-2H3. The Hall–Kier alpha value is -0.660. The summed E-state index contributed by atoms with van der Waals surface area (Å²) in [6.45, 7) is 9.67. The molecule has 2 N–H and O–H groups in total. The van der Waals surface area contributed by atoms with Gasteiger partial charge in [0, 0.05) is 13.1 Å². The van der Waals surface area contributed by atoms with Gasteiger partial charge < -0.3 is 10.6 Å². The van der Waals surface area contributed by atoms with Crippen molar-refractivity contribution < 1.29 is 0 Å². The minimum absolute atomic E-state index is 0.912. The van der Waals surface area contributed by atoms with Gasteiger partial charge in [-0.2, -0.15) is 0 Å². The average molecular weight is 114 g/mol. The van der Waals surface area contributed by atoms with E-state index >= 15 is 0 Å². The van der Waals surface area contributed by atoms with Gasteiger partial charge in [-0.1, -0.05) is 6.58 Å². The van der Waals surface area contributed by atoms with E-state index in [4.69, 9.17) is 0 Å². The second-order valence-corrected chi connectivity index (χ2v) is 1.54. The lowest BCUT2D eigenvalue weighted by Gasteiger charge is -2.06. The van der Waals surface area contributed by atoms with Crippen molar-refractivity contribution in [3.8, 4) is 0 Å². The van der Waals surface area contributed by atoms with Gasteiger partial charge in [-0.15, -0.1) is 0 Å². The highest BCUT2D eigenvalue weighted by Gasteiger charge is 1.81. The quantitative estimate of drug-likeness (QED) is 0.561. The van der Waals surface area contributed by atoms with Crippen molar-refractivity contribution in [3.05, 3.63) is 12.4 Å². The first-order chi connectivity index (χ1) is 3.81. The zero-order chi connectivity index (χ0) is 6.41. The summed E-state index contributed by atoms with van der Waals surface area (Å²) in [7, 11) is 0. The second kappa shape index (κ2) is 4.50. The number of rotatable bonds is 4. The molecule has 0 fully saturated rings. The molecule has 0 saturated heterocycles. The van der Waals surface area contributed by atoms with E-state index < -0.39 is 0 Å². The molecular formula is C6H14N2. The molecule has 48 valence electrons. The van der Waals surface area contributed by atoms with Crippen molar-refractivity contribution in [3.63, 3.8) is 0 Å². The van der Waals surface area contributed by atoms with Gasteiger partial charge in [0.15, 0.2) is 0 Å². The Morgan fingerprint density at radius 2 is 1.62 bits per heavy atom. The van der Waals surface area contributed by atoms with E-state index in [2.05, 4.69) is 17.2 Å². The molecule has 0 atom stereocenters. The molecule has 0 aliphatic rings. The number of hydrogen-bond acceptors (Lipinski definition) is 2. The molecule has 0 saturated carbocycles. The minimum atomic E-state index is 0.912. The van der Waals surface area contributed by atoms with Gasteiger partial charge in [-0.3, -0.25) is 0 Å². The van der Waals surface area contributed by atoms with Gasteiger partial charge in [0.1, 0.15) is 0 Å². The Morgan fingerprint density at radius 1 is 1.25 bits per heavy atom. The Kier molecular flexibility index (Phi) is 4.13. The minimum Gasteiger partial charge on any atom is -0.373 e. The molecule has 0 aromatic carbocycles. The Bertz CT molecular complexity index is 60.9. The molecule has 8 heavy (non-hydrogen) atoms. The van der Waals surface area contributed by atoms with Crippen molar-refractivity contribution >= 4 is 0 Å². The molecular weight excluding hydrogens is 100 g/mol. The van der Waals surface area contributed by atoms with E-state index in [-0.39, 0.29) is 0 Å². The number of hydrogen-bond donors (Lipinski definition) is 2. The molecule has 0 bridgehead atoms. The van der Waals surface area contributed by atoms with Crippen LogP contribution in [0.15, 0.2) is 12.4 Å². The lowest BCUT2D eigenvalue weighted by Crippen LogP contribution is -2.24. The largest absolute Gasteiger partial charge is 0.373 e. The van der Waals surface area contributed by atoms with Crippen LogP contribution < -0.4 is 10.6 Å². The fraction of sp³-hybridized carbons (Fsp3) is 0.667. The van der Waals surface area contributed by atoms with E-state index in [0.717, 1.165) is 18.9 Å². The first-order valence-corrected chi connectivity index (χ1v) is 2.97. The van der Waals surface area contributed by atoms with E-state index in [1.165, 1.54) is 0 Å². The van der Waals surface area contributed by atoms with Crippen LogP contribution in [0.2, 0.25) is 0 Å². The molecule has 0 amide bonds. The van der Waals surface area contributed by atoms with Gasteiger partial charge >= 0.3 is 0 Å². The second-order valence-electron chi connectivity index (χ2n) is 1.54. The van der Waals surface area contributed by atoms with Crippen molar-refractivity contribution in [1.29, 1.82) is 0 Å². The maximum Gasteiger partial charge on any atom is 0.0912 e. The average Bonchev–Trinajstić information content (AvgIpc) is 1.68. The number of nitrogens with one attached hydrogen (secondary N) is 2. The van der Waals surface area contributed by atoms with Gasteiger partial charge in [0.25, 0.3) is 0 Å².